The van der Waals surface area contributed by atoms with Crippen molar-refractivity contribution in [1.82, 2.24) is 10.1 Å². The normalized spacial score (nSPS) is 10.6. The monoisotopic (exact) mass is 302 g/mol. The van der Waals surface area contributed by atoms with Crippen LogP contribution in [0.2, 0.25) is 5.02 Å². The molecular formula is C15H8ClFN2O2. The Kier molecular flexibility index (Phi) is 3.50. The minimum atomic E-state index is -0.494. The van der Waals surface area contributed by atoms with Gasteiger partial charge in [-0.05, 0) is 36.4 Å². The number of hydrogen-bond donors (Lipinski definition) is 0. The summed E-state index contributed by atoms with van der Waals surface area (Å²) >= 11 is 5.76. The third-order valence-corrected chi connectivity index (χ3v) is 3.09. The molecule has 0 saturated carbocycles. The fourth-order valence-electron chi connectivity index (χ4n) is 1.79. The SMILES string of the molecule is O=C(c1ccc(Cl)cc1)c1noc(-c2ccccc2F)n1. The van der Waals surface area contributed by atoms with Crippen LogP contribution in [0.25, 0.3) is 11.5 Å². The van der Waals surface area contributed by atoms with Gasteiger partial charge in [0.15, 0.2) is 0 Å². The molecule has 0 saturated heterocycles. The molecule has 21 heavy (non-hydrogen) atoms. The molecule has 4 nitrogen and oxygen atoms in total. The Morgan fingerprint density at radius 3 is 2.52 bits per heavy atom. The van der Waals surface area contributed by atoms with Gasteiger partial charge in [0.1, 0.15) is 5.82 Å². The maximum absolute atomic E-state index is 13.6. The van der Waals surface area contributed by atoms with Crippen molar-refractivity contribution in [3.8, 4) is 11.5 Å². The van der Waals surface area contributed by atoms with Gasteiger partial charge >= 0.3 is 0 Å². The van der Waals surface area contributed by atoms with Crippen molar-refractivity contribution in [2.24, 2.45) is 0 Å². The second kappa shape index (κ2) is 5.46. The number of carbonyl (C=O) groups is 1. The van der Waals surface area contributed by atoms with Crippen molar-refractivity contribution >= 4 is 17.4 Å². The molecule has 0 aliphatic heterocycles. The quantitative estimate of drug-likeness (QED) is 0.691. The topological polar surface area (TPSA) is 56.0 Å². The van der Waals surface area contributed by atoms with E-state index >= 15 is 0 Å². The Hall–Kier alpha value is -2.53. The zero-order chi connectivity index (χ0) is 14.8. The van der Waals surface area contributed by atoms with Crippen molar-refractivity contribution < 1.29 is 13.7 Å². The molecule has 0 aliphatic carbocycles. The predicted octanol–water partition coefficient (Wildman–Crippen LogP) is 3.76. The molecule has 104 valence electrons. The van der Waals surface area contributed by atoms with Crippen LogP contribution in [-0.2, 0) is 0 Å². The number of rotatable bonds is 3. The van der Waals surface area contributed by atoms with Crippen molar-refractivity contribution in [3.05, 3.63) is 70.8 Å². The molecule has 0 unspecified atom stereocenters. The molecule has 0 N–H and O–H groups in total. The van der Waals surface area contributed by atoms with Crippen LogP contribution in [0.1, 0.15) is 16.2 Å². The number of hydrogen-bond acceptors (Lipinski definition) is 4. The van der Waals surface area contributed by atoms with Gasteiger partial charge < -0.3 is 4.52 Å². The van der Waals surface area contributed by atoms with E-state index in [-0.39, 0.29) is 17.3 Å². The van der Waals surface area contributed by atoms with E-state index in [4.69, 9.17) is 16.1 Å². The zero-order valence-electron chi connectivity index (χ0n) is 10.6. The highest BCUT2D eigenvalue weighted by Crippen LogP contribution is 2.21. The number of nitrogens with zero attached hydrogens (tertiary/aromatic N) is 2. The number of ketones is 1. The summed E-state index contributed by atoms with van der Waals surface area (Å²) in [6, 6.07) is 12.3. The van der Waals surface area contributed by atoms with E-state index in [1.165, 1.54) is 12.1 Å². The lowest BCUT2D eigenvalue weighted by Gasteiger charge is -1.96. The first kappa shape index (κ1) is 13.5. The molecule has 3 rings (SSSR count). The van der Waals surface area contributed by atoms with Gasteiger partial charge in [-0.1, -0.05) is 28.9 Å². The van der Waals surface area contributed by atoms with Crippen LogP contribution in [0, 0.1) is 5.82 Å². The Labute approximate surface area is 124 Å². The van der Waals surface area contributed by atoms with Crippen molar-refractivity contribution in [1.29, 1.82) is 0 Å². The summed E-state index contributed by atoms with van der Waals surface area (Å²) in [6.07, 6.45) is 0. The Morgan fingerprint density at radius 1 is 1.10 bits per heavy atom. The predicted molar refractivity (Wildman–Crippen MR) is 74.6 cm³/mol. The summed E-state index contributed by atoms with van der Waals surface area (Å²) in [4.78, 5) is 16.1. The van der Waals surface area contributed by atoms with E-state index in [1.54, 1.807) is 36.4 Å². The highest BCUT2D eigenvalue weighted by Gasteiger charge is 2.19. The molecule has 0 fully saturated rings. The maximum atomic E-state index is 13.6. The first-order valence-corrected chi connectivity index (χ1v) is 6.42. The van der Waals surface area contributed by atoms with Gasteiger partial charge in [-0.15, -0.1) is 0 Å². The summed E-state index contributed by atoms with van der Waals surface area (Å²) in [5.74, 6) is -1.08. The summed E-state index contributed by atoms with van der Waals surface area (Å²) in [7, 11) is 0. The van der Waals surface area contributed by atoms with E-state index in [0.29, 0.717) is 10.6 Å². The van der Waals surface area contributed by atoms with E-state index in [9.17, 15) is 9.18 Å². The highest BCUT2D eigenvalue weighted by atomic mass is 35.5. The summed E-state index contributed by atoms with van der Waals surface area (Å²) < 4.78 is 18.6. The molecule has 0 bridgehead atoms. The van der Waals surface area contributed by atoms with Gasteiger partial charge in [0.2, 0.25) is 11.6 Å². The summed E-state index contributed by atoms with van der Waals surface area (Å²) in [5, 5.41) is 4.12. The first-order valence-electron chi connectivity index (χ1n) is 6.04. The third kappa shape index (κ3) is 2.68. The minimum Gasteiger partial charge on any atom is -0.333 e. The fraction of sp³-hybridized carbons (Fsp3) is 0. The lowest BCUT2D eigenvalue weighted by Crippen LogP contribution is -2.03. The van der Waals surface area contributed by atoms with Crippen molar-refractivity contribution in [2.75, 3.05) is 0 Å². The van der Waals surface area contributed by atoms with Crippen LogP contribution in [0.5, 0.6) is 0 Å². The van der Waals surface area contributed by atoms with E-state index in [0.717, 1.165) is 0 Å². The summed E-state index contributed by atoms with van der Waals surface area (Å²) in [5.41, 5.74) is 0.528. The lowest BCUT2D eigenvalue weighted by molar-refractivity contribution is 0.102. The molecule has 3 aromatic rings. The molecule has 0 spiro atoms. The Bertz CT molecular complexity index is 799. The molecule has 2 aromatic carbocycles. The van der Waals surface area contributed by atoms with Crippen LogP contribution in [0.3, 0.4) is 0 Å². The van der Waals surface area contributed by atoms with Crippen LogP contribution in [0.15, 0.2) is 53.1 Å². The van der Waals surface area contributed by atoms with Crippen LogP contribution in [0.4, 0.5) is 4.39 Å². The van der Waals surface area contributed by atoms with Gasteiger partial charge in [0.25, 0.3) is 5.89 Å². The van der Waals surface area contributed by atoms with Crippen LogP contribution < -0.4 is 0 Å². The van der Waals surface area contributed by atoms with Gasteiger partial charge in [-0.2, -0.15) is 4.98 Å². The zero-order valence-corrected chi connectivity index (χ0v) is 11.3. The Balaban J connectivity index is 1.93. The molecule has 0 radical (unpaired) electrons. The number of halogens is 2. The van der Waals surface area contributed by atoms with E-state index < -0.39 is 11.6 Å². The average Bonchev–Trinajstić information content (AvgIpc) is 2.97. The largest absolute Gasteiger partial charge is 0.333 e. The summed E-state index contributed by atoms with van der Waals surface area (Å²) in [6.45, 7) is 0. The second-order valence-electron chi connectivity index (χ2n) is 4.24. The second-order valence-corrected chi connectivity index (χ2v) is 4.68. The molecule has 1 aromatic heterocycles. The van der Waals surface area contributed by atoms with Crippen molar-refractivity contribution in [3.63, 3.8) is 0 Å². The smallest absolute Gasteiger partial charge is 0.261 e. The van der Waals surface area contributed by atoms with Gasteiger partial charge in [0.05, 0.1) is 5.56 Å². The minimum absolute atomic E-state index is 0.0367. The average molecular weight is 303 g/mol. The van der Waals surface area contributed by atoms with Gasteiger partial charge in [-0.3, -0.25) is 4.79 Å². The van der Waals surface area contributed by atoms with Crippen LogP contribution >= 0.6 is 11.6 Å². The van der Waals surface area contributed by atoms with Gasteiger partial charge in [-0.25, -0.2) is 4.39 Å². The maximum Gasteiger partial charge on any atom is 0.261 e. The highest BCUT2D eigenvalue weighted by molar-refractivity contribution is 6.30. The third-order valence-electron chi connectivity index (χ3n) is 2.84. The first-order chi connectivity index (χ1) is 10.1. The van der Waals surface area contributed by atoms with Crippen molar-refractivity contribution in [2.45, 2.75) is 0 Å². The molecule has 1 heterocycles. The number of benzene rings is 2. The van der Waals surface area contributed by atoms with Gasteiger partial charge in [0, 0.05) is 10.6 Å². The standard InChI is InChI=1S/C15H8ClFN2O2/c16-10-7-5-9(6-8-10)13(20)14-18-15(21-19-14)11-3-1-2-4-12(11)17/h1-8H. The van der Waals surface area contributed by atoms with Crippen LogP contribution in [-0.4, -0.2) is 15.9 Å². The van der Waals surface area contributed by atoms with E-state index in [2.05, 4.69) is 10.1 Å². The Morgan fingerprint density at radius 2 is 1.81 bits per heavy atom. The number of aromatic nitrogens is 2. The molecule has 0 atom stereocenters. The fourth-order valence-corrected chi connectivity index (χ4v) is 1.92. The van der Waals surface area contributed by atoms with E-state index in [1.807, 2.05) is 0 Å². The molecule has 0 aliphatic rings. The lowest BCUT2D eigenvalue weighted by atomic mass is 10.1. The molecule has 6 heteroatoms. The number of carbonyl (C=O) groups excluding carboxylic acids is 1. The molecular weight excluding hydrogens is 295 g/mol. The molecule has 0 amide bonds.